The Bertz CT molecular complexity index is 180. The Labute approximate surface area is 78.2 Å². The molecule has 1 aliphatic heterocycles. The summed E-state index contributed by atoms with van der Waals surface area (Å²) < 4.78 is 11.2. The lowest BCUT2D eigenvalue weighted by atomic mass is 9.87. The third-order valence-electron chi connectivity index (χ3n) is 3.00. The van der Waals surface area contributed by atoms with E-state index in [1.54, 1.807) is 0 Å². The summed E-state index contributed by atoms with van der Waals surface area (Å²) in [5, 5.41) is 12.7. The predicted octanol–water partition coefficient (Wildman–Crippen LogP) is -0.138. The first-order valence-electron chi connectivity index (χ1n) is 4.89. The standard InChI is InChI=1S/C9H17NO3/c1-10-7-6-9(3-2-8(7)11)12-4-5-13-9/h7-8,10-11H,2-6H2,1H3/t7-,8-/m1/s1. The number of rotatable bonds is 1. The molecular weight excluding hydrogens is 170 g/mol. The van der Waals surface area contributed by atoms with Gasteiger partial charge in [0.25, 0.3) is 0 Å². The van der Waals surface area contributed by atoms with Gasteiger partial charge in [-0.1, -0.05) is 0 Å². The second kappa shape index (κ2) is 3.53. The molecule has 0 aromatic carbocycles. The van der Waals surface area contributed by atoms with Crippen LogP contribution in [0.1, 0.15) is 19.3 Å². The van der Waals surface area contributed by atoms with E-state index in [1.807, 2.05) is 7.05 Å². The van der Waals surface area contributed by atoms with Crippen LogP contribution in [0.15, 0.2) is 0 Å². The molecule has 2 aliphatic rings. The molecule has 1 heterocycles. The smallest absolute Gasteiger partial charge is 0.170 e. The molecule has 0 bridgehead atoms. The van der Waals surface area contributed by atoms with Crippen LogP contribution in [0.25, 0.3) is 0 Å². The molecule has 2 N–H and O–H groups in total. The molecule has 2 fully saturated rings. The van der Waals surface area contributed by atoms with Crippen LogP contribution < -0.4 is 5.32 Å². The maximum Gasteiger partial charge on any atom is 0.170 e. The largest absolute Gasteiger partial charge is 0.391 e. The number of aliphatic hydroxyl groups is 1. The van der Waals surface area contributed by atoms with Gasteiger partial charge in [0, 0.05) is 18.9 Å². The molecule has 0 aromatic rings. The van der Waals surface area contributed by atoms with Crippen LogP contribution in [0.2, 0.25) is 0 Å². The molecule has 0 unspecified atom stereocenters. The Morgan fingerprint density at radius 3 is 2.69 bits per heavy atom. The Morgan fingerprint density at radius 2 is 2.08 bits per heavy atom. The fraction of sp³-hybridized carbons (Fsp3) is 1.00. The zero-order valence-corrected chi connectivity index (χ0v) is 7.95. The molecule has 0 amide bonds. The first kappa shape index (κ1) is 9.40. The molecule has 4 nitrogen and oxygen atoms in total. The summed E-state index contributed by atoms with van der Waals surface area (Å²) >= 11 is 0. The van der Waals surface area contributed by atoms with Crippen molar-refractivity contribution in [3.63, 3.8) is 0 Å². The summed E-state index contributed by atoms with van der Waals surface area (Å²) in [6.45, 7) is 1.37. The van der Waals surface area contributed by atoms with Crippen LogP contribution >= 0.6 is 0 Å². The van der Waals surface area contributed by atoms with Crippen molar-refractivity contribution in [1.29, 1.82) is 0 Å². The summed E-state index contributed by atoms with van der Waals surface area (Å²) in [5.74, 6) is -0.396. The lowest BCUT2D eigenvalue weighted by Crippen LogP contribution is -2.50. The van der Waals surface area contributed by atoms with E-state index in [1.165, 1.54) is 0 Å². The quantitative estimate of drug-likeness (QED) is 0.600. The van der Waals surface area contributed by atoms with Gasteiger partial charge < -0.3 is 19.9 Å². The molecule has 1 aliphatic carbocycles. The zero-order chi connectivity index (χ0) is 9.31. The summed E-state index contributed by atoms with van der Waals surface area (Å²) in [5.41, 5.74) is 0. The van der Waals surface area contributed by atoms with Gasteiger partial charge in [-0.2, -0.15) is 0 Å². The van der Waals surface area contributed by atoms with Crippen molar-refractivity contribution in [2.45, 2.75) is 37.2 Å². The molecule has 4 heteroatoms. The number of aliphatic hydroxyl groups excluding tert-OH is 1. The Hall–Kier alpha value is -0.160. The van der Waals surface area contributed by atoms with Gasteiger partial charge in [-0.3, -0.25) is 0 Å². The maximum atomic E-state index is 9.64. The lowest BCUT2D eigenvalue weighted by Gasteiger charge is -2.38. The highest BCUT2D eigenvalue weighted by Gasteiger charge is 2.44. The molecule has 1 saturated heterocycles. The number of hydrogen-bond acceptors (Lipinski definition) is 4. The molecule has 0 radical (unpaired) electrons. The lowest BCUT2D eigenvalue weighted by molar-refractivity contribution is -0.194. The molecule has 2 atom stereocenters. The van der Waals surface area contributed by atoms with E-state index in [-0.39, 0.29) is 12.1 Å². The third-order valence-corrected chi connectivity index (χ3v) is 3.00. The predicted molar refractivity (Wildman–Crippen MR) is 47.3 cm³/mol. The summed E-state index contributed by atoms with van der Waals surface area (Å²) in [4.78, 5) is 0. The zero-order valence-electron chi connectivity index (χ0n) is 7.95. The molecular formula is C9H17NO3. The maximum absolute atomic E-state index is 9.64. The van der Waals surface area contributed by atoms with Gasteiger partial charge in [0.1, 0.15) is 0 Å². The van der Waals surface area contributed by atoms with Crippen molar-refractivity contribution < 1.29 is 14.6 Å². The third kappa shape index (κ3) is 1.72. The topological polar surface area (TPSA) is 50.7 Å². The minimum Gasteiger partial charge on any atom is -0.391 e. The summed E-state index contributed by atoms with van der Waals surface area (Å²) in [6, 6.07) is 0.104. The highest BCUT2D eigenvalue weighted by molar-refractivity contribution is 4.91. The van der Waals surface area contributed by atoms with Crippen LogP contribution in [0.5, 0.6) is 0 Å². The fourth-order valence-electron chi connectivity index (χ4n) is 2.20. The second-order valence-corrected chi connectivity index (χ2v) is 3.81. The minimum absolute atomic E-state index is 0.104. The van der Waals surface area contributed by atoms with Crippen LogP contribution in [0, 0.1) is 0 Å². The van der Waals surface area contributed by atoms with Crippen molar-refractivity contribution in [3.05, 3.63) is 0 Å². The van der Waals surface area contributed by atoms with E-state index in [0.29, 0.717) is 13.2 Å². The molecule has 0 aromatic heterocycles. The Balaban J connectivity index is 2.01. The van der Waals surface area contributed by atoms with Gasteiger partial charge in [-0.05, 0) is 13.5 Å². The average Bonchev–Trinajstić information content (AvgIpc) is 2.59. The Morgan fingerprint density at radius 1 is 1.38 bits per heavy atom. The van der Waals surface area contributed by atoms with Crippen LogP contribution in [-0.4, -0.2) is 43.3 Å². The van der Waals surface area contributed by atoms with Crippen LogP contribution in [0.3, 0.4) is 0 Å². The molecule has 13 heavy (non-hydrogen) atoms. The highest BCUT2D eigenvalue weighted by atomic mass is 16.7. The average molecular weight is 187 g/mol. The monoisotopic (exact) mass is 187 g/mol. The highest BCUT2D eigenvalue weighted by Crippen LogP contribution is 2.35. The van der Waals surface area contributed by atoms with Gasteiger partial charge >= 0.3 is 0 Å². The number of likely N-dealkylation sites (N-methyl/N-ethyl adjacent to an activating group) is 1. The van der Waals surface area contributed by atoms with Gasteiger partial charge in [0.15, 0.2) is 5.79 Å². The van der Waals surface area contributed by atoms with Crippen LogP contribution in [-0.2, 0) is 9.47 Å². The normalized spacial score (nSPS) is 38.3. The van der Waals surface area contributed by atoms with E-state index in [4.69, 9.17) is 9.47 Å². The fourth-order valence-corrected chi connectivity index (χ4v) is 2.20. The molecule has 1 saturated carbocycles. The van der Waals surface area contributed by atoms with E-state index < -0.39 is 5.79 Å². The summed E-state index contributed by atoms with van der Waals surface area (Å²) in [6.07, 6.45) is 2.06. The number of hydrogen-bond donors (Lipinski definition) is 2. The van der Waals surface area contributed by atoms with E-state index >= 15 is 0 Å². The van der Waals surface area contributed by atoms with Crippen molar-refractivity contribution >= 4 is 0 Å². The first-order valence-corrected chi connectivity index (χ1v) is 4.89. The van der Waals surface area contributed by atoms with Crippen molar-refractivity contribution in [3.8, 4) is 0 Å². The van der Waals surface area contributed by atoms with Gasteiger partial charge in [-0.15, -0.1) is 0 Å². The molecule has 76 valence electrons. The van der Waals surface area contributed by atoms with Gasteiger partial charge in [0.05, 0.1) is 19.3 Å². The Kier molecular flexibility index (Phi) is 2.55. The summed E-state index contributed by atoms with van der Waals surface area (Å²) in [7, 11) is 1.86. The molecule has 1 spiro atoms. The second-order valence-electron chi connectivity index (χ2n) is 3.81. The SMILES string of the molecule is CN[C@@H]1CC2(CC[C@H]1O)OCCO2. The van der Waals surface area contributed by atoms with Crippen molar-refractivity contribution in [2.24, 2.45) is 0 Å². The van der Waals surface area contributed by atoms with Crippen LogP contribution in [0.4, 0.5) is 0 Å². The van der Waals surface area contributed by atoms with E-state index in [2.05, 4.69) is 5.32 Å². The van der Waals surface area contributed by atoms with Crippen molar-refractivity contribution in [1.82, 2.24) is 5.32 Å². The van der Waals surface area contributed by atoms with Gasteiger partial charge in [0.2, 0.25) is 0 Å². The number of ether oxygens (including phenoxy) is 2. The van der Waals surface area contributed by atoms with Gasteiger partial charge in [-0.25, -0.2) is 0 Å². The number of nitrogens with one attached hydrogen (secondary N) is 1. The van der Waals surface area contributed by atoms with Crippen molar-refractivity contribution in [2.75, 3.05) is 20.3 Å². The van der Waals surface area contributed by atoms with E-state index in [9.17, 15) is 5.11 Å². The minimum atomic E-state index is -0.396. The molecule has 2 rings (SSSR count). The first-order chi connectivity index (χ1) is 6.26. The van der Waals surface area contributed by atoms with E-state index in [0.717, 1.165) is 19.3 Å².